The van der Waals surface area contributed by atoms with Gasteiger partial charge in [0.25, 0.3) is 0 Å². The zero-order valence-electron chi connectivity index (χ0n) is 13.9. The molecular formula is C20H32. The van der Waals surface area contributed by atoms with Gasteiger partial charge in [-0.3, -0.25) is 0 Å². The topological polar surface area (TPSA) is 0 Å². The van der Waals surface area contributed by atoms with E-state index in [0.29, 0.717) is 5.41 Å². The van der Waals surface area contributed by atoms with Gasteiger partial charge in [0, 0.05) is 0 Å². The first-order chi connectivity index (χ1) is 9.55. The minimum absolute atomic E-state index is 0.596. The summed E-state index contributed by atoms with van der Waals surface area (Å²) in [5.41, 5.74) is 3.77. The maximum absolute atomic E-state index is 2.53. The number of allylic oxidation sites excluding steroid dienone is 6. The third-order valence-corrected chi connectivity index (χ3v) is 5.83. The molecule has 0 spiro atoms. The van der Waals surface area contributed by atoms with Crippen LogP contribution < -0.4 is 0 Å². The van der Waals surface area contributed by atoms with Gasteiger partial charge in [-0.1, -0.05) is 51.5 Å². The molecule has 20 heavy (non-hydrogen) atoms. The lowest BCUT2D eigenvalue weighted by atomic mass is 9.73. The molecule has 0 heteroatoms. The smallest absolute Gasteiger partial charge is 0.0241 e. The Morgan fingerprint density at radius 1 is 1.50 bits per heavy atom. The minimum Gasteiger partial charge on any atom is -0.0842 e. The maximum Gasteiger partial charge on any atom is -0.0241 e. The van der Waals surface area contributed by atoms with E-state index in [0.717, 1.165) is 11.8 Å². The van der Waals surface area contributed by atoms with Crippen LogP contribution in [0.15, 0.2) is 35.5 Å². The SMILES string of the molecule is C/C=C(\CCC(C)C1(C)CCC(C)C1)C1=CC=CCC1. The van der Waals surface area contributed by atoms with Gasteiger partial charge >= 0.3 is 0 Å². The molecular weight excluding hydrogens is 240 g/mol. The van der Waals surface area contributed by atoms with Crippen molar-refractivity contribution < 1.29 is 0 Å². The Bertz CT molecular complexity index is 410. The molecule has 0 aromatic carbocycles. The van der Waals surface area contributed by atoms with Crippen LogP contribution in [-0.2, 0) is 0 Å². The third-order valence-electron chi connectivity index (χ3n) is 5.83. The van der Waals surface area contributed by atoms with Crippen LogP contribution in [0.3, 0.4) is 0 Å². The zero-order valence-corrected chi connectivity index (χ0v) is 13.9. The Hall–Kier alpha value is -0.780. The monoisotopic (exact) mass is 272 g/mol. The standard InChI is InChI=1S/C20H32/c1-5-18(19-9-7-6-8-10-19)12-11-17(3)20(4)14-13-16(2)15-20/h5-7,9,16-17H,8,10-15H2,1-4H3/b18-5+. The summed E-state index contributed by atoms with van der Waals surface area (Å²) < 4.78 is 0. The molecule has 112 valence electrons. The Balaban J connectivity index is 1.90. The Labute approximate surface area is 126 Å². The highest BCUT2D eigenvalue weighted by atomic mass is 14.4. The van der Waals surface area contributed by atoms with Crippen LogP contribution in [-0.4, -0.2) is 0 Å². The third kappa shape index (κ3) is 3.65. The molecule has 0 amide bonds. The van der Waals surface area contributed by atoms with Crippen LogP contribution in [0.2, 0.25) is 0 Å². The fourth-order valence-corrected chi connectivity index (χ4v) is 4.10. The molecule has 0 bridgehead atoms. The van der Waals surface area contributed by atoms with Gasteiger partial charge in [0.15, 0.2) is 0 Å². The van der Waals surface area contributed by atoms with E-state index in [-0.39, 0.29) is 0 Å². The van der Waals surface area contributed by atoms with Crippen LogP contribution in [0, 0.1) is 17.3 Å². The van der Waals surface area contributed by atoms with E-state index in [4.69, 9.17) is 0 Å². The van der Waals surface area contributed by atoms with Gasteiger partial charge in [-0.15, -0.1) is 0 Å². The lowest BCUT2D eigenvalue weighted by Crippen LogP contribution is -2.22. The summed E-state index contributed by atoms with van der Waals surface area (Å²) in [6.07, 6.45) is 18.5. The van der Waals surface area contributed by atoms with Crippen molar-refractivity contribution in [3.63, 3.8) is 0 Å². The summed E-state index contributed by atoms with van der Waals surface area (Å²) in [6.45, 7) is 9.65. The number of hydrogen-bond acceptors (Lipinski definition) is 0. The summed E-state index contributed by atoms with van der Waals surface area (Å²) in [5.74, 6) is 1.79. The lowest BCUT2D eigenvalue weighted by molar-refractivity contribution is 0.192. The number of rotatable bonds is 5. The molecule has 0 aromatic rings. The second kappa shape index (κ2) is 6.78. The van der Waals surface area contributed by atoms with Crippen LogP contribution in [0.25, 0.3) is 0 Å². The lowest BCUT2D eigenvalue weighted by Gasteiger charge is -2.32. The van der Waals surface area contributed by atoms with Crippen LogP contribution in [0.4, 0.5) is 0 Å². The first-order valence-corrected chi connectivity index (χ1v) is 8.56. The molecule has 1 saturated carbocycles. The second-order valence-corrected chi connectivity index (χ2v) is 7.41. The maximum atomic E-state index is 2.53. The summed E-state index contributed by atoms with van der Waals surface area (Å²) in [7, 11) is 0. The molecule has 0 nitrogen and oxygen atoms in total. The average Bonchev–Trinajstić information content (AvgIpc) is 2.81. The number of hydrogen-bond donors (Lipinski definition) is 0. The molecule has 2 aliphatic rings. The highest BCUT2D eigenvalue weighted by molar-refractivity contribution is 5.35. The van der Waals surface area contributed by atoms with Gasteiger partial charge in [-0.05, 0) is 73.8 Å². The first kappa shape index (κ1) is 15.6. The highest BCUT2D eigenvalue weighted by Crippen LogP contribution is 2.48. The van der Waals surface area contributed by atoms with Gasteiger partial charge < -0.3 is 0 Å². The summed E-state index contributed by atoms with van der Waals surface area (Å²) in [6, 6.07) is 0. The van der Waals surface area contributed by atoms with Crippen molar-refractivity contribution in [1.82, 2.24) is 0 Å². The van der Waals surface area contributed by atoms with E-state index in [1.807, 2.05) is 0 Å². The Morgan fingerprint density at radius 2 is 2.30 bits per heavy atom. The van der Waals surface area contributed by atoms with Gasteiger partial charge in [-0.25, -0.2) is 0 Å². The van der Waals surface area contributed by atoms with Crippen LogP contribution in [0.5, 0.6) is 0 Å². The molecule has 0 aromatic heterocycles. The van der Waals surface area contributed by atoms with Gasteiger partial charge in [0.05, 0.1) is 0 Å². The molecule has 0 radical (unpaired) electrons. The molecule has 3 atom stereocenters. The fourth-order valence-electron chi connectivity index (χ4n) is 4.10. The summed E-state index contributed by atoms with van der Waals surface area (Å²) >= 11 is 0. The zero-order chi connectivity index (χ0) is 14.6. The Kier molecular flexibility index (Phi) is 5.29. The normalized spacial score (nSPS) is 32.3. The molecule has 3 unspecified atom stereocenters. The van der Waals surface area contributed by atoms with Crippen molar-refractivity contribution >= 4 is 0 Å². The van der Waals surface area contributed by atoms with Gasteiger partial charge in [-0.2, -0.15) is 0 Å². The van der Waals surface area contributed by atoms with Crippen molar-refractivity contribution in [2.24, 2.45) is 17.3 Å². The molecule has 0 N–H and O–H groups in total. The molecule has 0 aliphatic heterocycles. The van der Waals surface area contributed by atoms with Gasteiger partial charge in [0.2, 0.25) is 0 Å². The van der Waals surface area contributed by atoms with Crippen molar-refractivity contribution in [1.29, 1.82) is 0 Å². The Morgan fingerprint density at radius 3 is 2.85 bits per heavy atom. The molecule has 1 fully saturated rings. The van der Waals surface area contributed by atoms with E-state index in [9.17, 15) is 0 Å². The predicted octanol–water partition coefficient (Wildman–Crippen LogP) is 6.45. The van der Waals surface area contributed by atoms with Crippen molar-refractivity contribution in [3.8, 4) is 0 Å². The van der Waals surface area contributed by atoms with Crippen LogP contribution in [0.1, 0.15) is 72.6 Å². The van der Waals surface area contributed by atoms with Crippen LogP contribution >= 0.6 is 0 Å². The highest BCUT2D eigenvalue weighted by Gasteiger charge is 2.37. The fraction of sp³-hybridized carbons (Fsp3) is 0.700. The predicted molar refractivity (Wildman–Crippen MR) is 89.7 cm³/mol. The van der Waals surface area contributed by atoms with E-state index < -0.39 is 0 Å². The van der Waals surface area contributed by atoms with E-state index in [2.05, 4.69) is 52.0 Å². The van der Waals surface area contributed by atoms with Crippen molar-refractivity contribution in [2.45, 2.75) is 72.6 Å². The van der Waals surface area contributed by atoms with E-state index >= 15 is 0 Å². The largest absolute Gasteiger partial charge is 0.0842 e. The second-order valence-electron chi connectivity index (χ2n) is 7.41. The first-order valence-electron chi connectivity index (χ1n) is 8.56. The molecule has 0 heterocycles. The summed E-state index contributed by atoms with van der Waals surface area (Å²) in [5, 5.41) is 0. The van der Waals surface area contributed by atoms with Crippen molar-refractivity contribution in [2.75, 3.05) is 0 Å². The minimum atomic E-state index is 0.596. The van der Waals surface area contributed by atoms with E-state index in [1.54, 1.807) is 11.1 Å². The quantitative estimate of drug-likeness (QED) is 0.539. The average molecular weight is 272 g/mol. The van der Waals surface area contributed by atoms with E-state index in [1.165, 1.54) is 44.9 Å². The molecule has 0 saturated heterocycles. The van der Waals surface area contributed by atoms with Gasteiger partial charge in [0.1, 0.15) is 0 Å². The molecule has 2 rings (SSSR count). The summed E-state index contributed by atoms with van der Waals surface area (Å²) in [4.78, 5) is 0. The molecule has 2 aliphatic carbocycles. The van der Waals surface area contributed by atoms with Crippen molar-refractivity contribution in [3.05, 3.63) is 35.5 Å².